The third kappa shape index (κ3) is 6.14. The fourth-order valence-electron chi connectivity index (χ4n) is 3.71. The molecule has 0 aromatic heterocycles. The first-order chi connectivity index (χ1) is 12.3. The van der Waals surface area contributed by atoms with Crippen LogP contribution < -0.4 is 10.5 Å². The van der Waals surface area contributed by atoms with Crippen LogP contribution in [-0.2, 0) is 13.0 Å². The van der Waals surface area contributed by atoms with E-state index in [1.807, 2.05) is 0 Å². The van der Waals surface area contributed by atoms with Gasteiger partial charge in [0.15, 0.2) is 0 Å². The van der Waals surface area contributed by atoms with Crippen LogP contribution >= 0.6 is 0 Å². The highest BCUT2D eigenvalue weighted by Gasteiger charge is 2.17. The van der Waals surface area contributed by atoms with Crippen LogP contribution in [-0.4, -0.2) is 19.4 Å². The molecule has 0 radical (unpaired) electrons. The summed E-state index contributed by atoms with van der Waals surface area (Å²) < 4.78 is 5.51. The lowest BCUT2D eigenvalue weighted by molar-refractivity contribution is 0.409. The van der Waals surface area contributed by atoms with E-state index in [2.05, 4.69) is 19.1 Å². The molecule has 1 aliphatic heterocycles. The highest BCUT2D eigenvalue weighted by atomic mass is 16.5. The molecule has 3 nitrogen and oxygen atoms in total. The van der Waals surface area contributed by atoms with E-state index >= 15 is 0 Å². The summed E-state index contributed by atoms with van der Waals surface area (Å²) in [6, 6.07) is 4.38. The van der Waals surface area contributed by atoms with Gasteiger partial charge in [0.05, 0.1) is 7.11 Å². The van der Waals surface area contributed by atoms with Crippen LogP contribution in [0.3, 0.4) is 0 Å². The Morgan fingerprint density at radius 1 is 1.00 bits per heavy atom. The minimum atomic E-state index is 0.529. The molecule has 1 aromatic carbocycles. The van der Waals surface area contributed by atoms with Gasteiger partial charge in [-0.3, -0.25) is 4.99 Å². The van der Waals surface area contributed by atoms with E-state index in [0.29, 0.717) is 6.54 Å². The predicted octanol–water partition coefficient (Wildman–Crippen LogP) is 5.42. The zero-order valence-corrected chi connectivity index (χ0v) is 16.3. The molecule has 1 heterocycles. The van der Waals surface area contributed by atoms with Crippen LogP contribution in [0.1, 0.15) is 87.8 Å². The predicted molar refractivity (Wildman–Crippen MR) is 108 cm³/mol. The molecule has 3 heteroatoms. The van der Waals surface area contributed by atoms with Gasteiger partial charge in [-0.25, -0.2) is 0 Å². The highest BCUT2D eigenvalue weighted by Crippen LogP contribution is 2.28. The Labute approximate surface area is 154 Å². The third-order valence-electron chi connectivity index (χ3n) is 5.24. The van der Waals surface area contributed by atoms with Crippen LogP contribution in [0.5, 0.6) is 5.75 Å². The second-order valence-electron chi connectivity index (χ2n) is 7.18. The number of methoxy groups -OCH3 is 1. The van der Waals surface area contributed by atoms with Crippen LogP contribution in [0.15, 0.2) is 17.1 Å². The largest absolute Gasteiger partial charge is 0.496 e. The van der Waals surface area contributed by atoms with E-state index in [9.17, 15) is 0 Å². The van der Waals surface area contributed by atoms with E-state index in [-0.39, 0.29) is 0 Å². The van der Waals surface area contributed by atoms with Crippen LogP contribution in [0.25, 0.3) is 0 Å². The lowest BCUT2D eigenvalue weighted by atomic mass is 9.92. The van der Waals surface area contributed by atoms with Gasteiger partial charge in [-0.1, -0.05) is 64.4 Å². The van der Waals surface area contributed by atoms with Crippen molar-refractivity contribution in [3.8, 4) is 5.75 Å². The van der Waals surface area contributed by atoms with Crippen molar-refractivity contribution >= 4 is 5.71 Å². The van der Waals surface area contributed by atoms with Crippen molar-refractivity contribution in [2.24, 2.45) is 10.7 Å². The van der Waals surface area contributed by atoms with Gasteiger partial charge in [0.25, 0.3) is 0 Å². The number of nitrogens with two attached hydrogens (primary N) is 1. The highest BCUT2D eigenvalue weighted by molar-refractivity contribution is 6.03. The van der Waals surface area contributed by atoms with E-state index in [4.69, 9.17) is 15.5 Å². The van der Waals surface area contributed by atoms with Gasteiger partial charge in [0.2, 0.25) is 0 Å². The van der Waals surface area contributed by atoms with Crippen molar-refractivity contribution in [3.05, 3.63) is 28.8 Å². The van der Waals surface area contributed by atoms with Gasteiger partial charge in [-0.15, -0.1) is 0 Å². The summed E-state index contributed by atoms with van der Waals surface area (Å²) in [5.74, 6) is 0.905. The van der Waals surface area contributed by atoms with Crippen LogP contribution in [0.2, 0.25) is 0 Å². The van der Waals surface area contributed by atoms with Gasteiger partial charge >= 0.3 is 0 Å². The number of ether oxygens (including phenoxy) is 1. The van der Waals surface area contributed by atoms with Gasteiger partial charge in [0.1, 0.15) is 5.75 Å². The molecule has 0 saturated heterocycles. The molecule has 2 N–H and O–H groups in total. The molecule has 25 heavy (non-hydrogen) atoms. The quantitative estimate of drug-likeness (QED) is 0.515. The summed E-state index contributed by atoms with van der Waals surface area (Å²) in [6.45, 7) is 3.72. The maximum Gasteiger partial charge on any atom is 0.124 e. The number of hydrogen-bond acceptors (Lipinski definition) is 3. The van der Waals surface area contributed by atoms with E-state index in [1.165, 1.54) is 74.6 Å². The number of hydrogen-bond donors (Lipinski definition) is 1. The molecule has 1 aromatic rings. The summed E-state index contributed by atoms with van der Waals surface area (Å²) in [4.78, 5) is 4.80. The zero-order chi connectivity index (χ0) is 17.9. The molecular weight excluding hydrogens is 308 g/mol. The Kier molecular flexibility index (Phi) is 9.03. The van der Waals surface area contributed by atoms with E-state index in [1.54, 1.807) is 7.11 Å². The number of aliphatic imine (C=N–C) groups is 1. The van der Waals surface area contributed by atoms with Crippen molar-refractivity contribution in [1.29, 1.82) is 0 Å². The molecule has 2 rings (SSSR count). The Balaban J connectivity index is 1.77. The first kappa shape index (κ1) is 20.0. The molecule has 140 valence electrons. The van der Waals surface area contributed by atoms with Gasteiger partial charge < -0.3 is 10.5 Å². The summed E-state index contributed by atoms with van der Waals surface area (Å²) in [5.41, 5.74) is 10.9. The monoisotopic (exact) mass is 344 g/mol. The smallest absolute Gasteiger partial charge is 0.124 e. The molecule has 0 aliphatic carbocycles. The first-order valence-corrected chi connectivity index (χ1v) is 10.2. The molecule has 0 unspecified atom stereocenters. The lowest BCUT2D eigenvalue weighted by Gasteiger charge is -2.20. The van der Waals surface area contributed by atoms with Crippen molar-refractivity contribution in [2.75, 3.05) is 13.7 Å². The molecule has 0 amide bonds. The molecule has 0 saturated carbocycles. The third-order valence-corrected chi connectivity index (χ3v) is 5.24. The average molecular weight is 345 g/mol. The normalized spacial score (nSPS) is 13.5. The second-order valence-corrected chi connectivity index (χ2v) is 7.18. The summed E-state index contributed by atoms with van der Waals surface area (Å²) in [6.07, 6.45) is 14.4. The summed E-state index contributed by atoms with van der Waals surface area (Å²) >= 11 is 0. The first-order valence-electron chi connectivity index (χ1n) is 10.2. The molecule has 1 aliphatic rings. The molecule has 0 bridgehead atoms. The van der Waals surface area contributed by atoms with Gasteiger partial charge in [-0.2, -0.15) is 0 Å². The number of nitrogens with zero attached hydrogens (tertiary/aromatic N) is 1. The molecule has 0 fully saturated rings. The second kappa shape index (κ2) is 11.3. The molecule has 0 spiro atoms. The lowest BCUT2D eigenvalue weighted by Crippen LogP contribution is -2.15. The summed E-state index contributed by atoms with van der Waals surface area (Å²) in [7, 11) is 1.72. The number of fused-ring (bicyclic) bond motifs is 1. The number of rotatable bonds is 12. The Hall–Kier alpha value is -1.35. The molecular formula is C22H36N2O. The van der Waals surface area contributed by atoms with E-state index < -0.39 is 0 Å². The topological polar surface area (TPSA) is 47.6 Å². The number of benzene rings is 1. The Morgan fingerprint density at radius 2 is 1.68 bits per heavy atom. The maximum atomic E-state index is 5.85. The van der Waals surface area contributed by atoms with Crippen molar-refractivity contribution in [1.82, 2.24) is 0 Å². The molecule has 0 atom stereocenters. The standard InChI is InChI=1S/C22H36N2O/c1-3-4-5-6-7-8-9-10-11-12-21-20-16-22(25-2)19(17-23)15-18(20)13-14-24-21/h15-16H,3-14,17,23H2,1-2H3. The summed E-state index contributed by atoms with van der Waals surface area (Å²) in [5, 5.41) is 0. The van der Waals surface area contributed by atoms with Crippen molar-refractivity contribution in [2.45, 2.75) is 84.1 Å². The fourth-order valence-corrected chi connectivity index (χ4v) is 3.71. The van der Waals surface area contributed by atoms with Gasteiger partial charge in [-0.05, 0) is 30.9 Å². The van der Waals surface area contributed by atoms with Crippen LogP contribution in [0, 0.1) is 0 Å². The zero-order valence-electron chi connectivity index (χ0n) is 16.3. The van der Waals surface area contributed by atoms with Crippen molar-refractivity contribution < 1.29 is 4.74 Å². The Bertz CT molecular complexity index is 551. The number of unbranched alkanes of at least 4 members (excludes halogenated alkanes) is 8. The van der Waals surface area contributed by atoms with Crippen molar-refractivity contribution in [3.63, 3.8) is 0 Å². The van der Waals surface area contributed by atoms with E-state index in [0.717, 1.165) is 30.7 Å². The maximum absolute atomic E-state index is 5.85. The Morgan fingerprint density at radius 3 is 2.32 bits per heavy atom. The minimum absolute atomic E-state index is 0.529. The average Bonchev–Trinajstić information content (AvgIpc) is 2.65. The van der Waals surface area contributed by atoms with Crippen LogP contribution in [0.4, 0.5) is 0 Å². The fraction of sp³-hybridized carbons (Fsp3) is 0.682. The van der Waals surface area contributed by atoms with Gasteiger partial charge in [0, 0.05) is 29.9 Å². The SMILES string of the molecule is CCCCCCCCCCCC1=NCCc2cc(CN)c(OC)cc21. The minimum Gasteiger partial charge on any atom is -0.496 e.